The van der Waals surface area contributed by atoms with Crippen LogP contribution in [0.2, 0.25) is 0 Å². The summed E-state index contributed by atoms with van der Waals surface area (Å²) in [5.74, 6) is -2.90. The number of amidine groups is 1. The quantitative estimate of drug-likeness (QED) is 0.509. The van der Waals surface area contributed by atoms with E-state index in [1.165, 1.54) is 11.9 Å². The first kappa shape index (κ1) is 16.2. The molecule has 1 fully saturated rings. The Kier molecular flexibility index (Phi) is 5.17. The number of hydrogen-bond donors (Lipinski definition) is 3. The Labute approximate surface area is 110 Å². The molecule has 0 aromatic carbocycles. The second-order valence-corrected chi connectivity index (χ2v) is 5.08. The summed E-state index contributed by atoms with van der Waals surface area (Å²) in [6.45, 7) is 0.484. The van der Waals surface area contributed by atoms with Gasteiger partial charge in [-0.05, 0) is 7.05 Å². The van der Waals surface area contributed by atoms with Gasteiger partial charge in [-0.25, -0.2) is 0 Å². The lowest BCUT2D eigenvalue weighted by atomic mass is 9.93. The van der Waals surface area contributed by atoms with E-state index in [0.717, 1.165) is 0 Å². The van der Waals surface area contributed by atoms with Gasteiger partial charge in [-0.2, -0.15) is 13.2 Å². The number of likely N-dealkylation sites (N-methyl/N-ethyl adjacent to an activating group) is 1. The lowest BCUT2D eigenvalue weighted by molar-refractivity contribution is -0.162. The average molecular weight is 283 g/mol. The number of halogens is 3. The monoisotopic (exact) mass is 283 g/mol. The number of ether oxygens (including phenoxy) is 1. The van der Waals surface area contributed by atoms with Crippen LogP contribution in [0.3, 0.4) is 0 Å². The molecule has 0 spiro atoms. The molecule has 0 aliphatic carbocycles. The van der Waals surface area contributed by atoms with Gasteiger partial charge in [0.1, 0.15) is 11.8 Å². The summed E-state index contributed by atoms with van der Waals surface area (Å²) < 4.78 is 43.1. The number of aliphatic hydroxyl groups is 1. The van der Waals surface area contributed by atoms with Crippen LogP contribution < -0.4 is 5.73 Å². The van der Waals surface area contributed by atoms with Crippen LogP contribution in [0.15, 0.2) is 0 Å². The highest BCUT2D eigenvalue weighted by atomic mass is 19.4. The van der Waals surface area contributed by atoms with Crippen LogP contribution in [0, 0.1) is 11.3 Å². The lowest BCUT2D eigenvalue weighted by Crippen LogP contribution is -2.49. The topological polar surface area (TPSA) is 82.6 Å². The molecule has 1 rings (SSSR count). The zero-order valence-electron chi connectivity index (χ0n) is 10.8. The van der Waals surface area contributed by atoms with E-state index in [4.69, 9.17) is 15.9 Å². The van der Waals surface area contributed by atoms with E-state index in [1.807, 2.05) is 0 Å². The summed E-state index contributed by atoms with van der Waals surface area (Å²) in [6.07, 6.45) is -3.75. The summed E-state index contributed by atoms with van der Waals surface area (Å²) in [7, 11) is 1.48. The van der Waals surface area contributed by atoms with E-state index in [2.05, 4.69) is 0 Å². The third kappa shape index (κ3) is 4.96. The van der Waals surface area contributed by atoms with Gasteiger partial charge < -0.3 is 20.5 Å². The number of nitrogens with zero attached hydrogens (tertiary/aromatic N) is 1. The van der Waals surface area contributed by atoms with E-state index < -0.39 is 30.1 Å². The predicted octanol–water partition coefficient (Wildman–Crippen LogP) is 0.574. The molecular formula is C11H20F3N3O2. The average Bonchev–Trinajstić information content (AvgIpc) is 2.24. The van der Waals surface area contributed by atoms with Crippen molar-refractivity contribution in [3.63, 3.8) is 0 Å². The summed E-state index contributed by atoms with van der Waals surface area (Å²) in [6, 6.07) is 0. The van der Waals surface area contributed by atoms with E-state index >= 15 is 0 Å². The fourth-order valence-corrected chi connectivity index (χ4v) is 2.17. The molecule has 1 atom stereocenters. The van der Waals surface area contributed by atoms with E-state index in [1.54, 1.807) is 0 Å². The van der Waals surface area contributed by atoms with Crippen molar-refractivity contribution in [3.8, 4) is 0 Å². The lowest BCUT2D eigenvalue weighted by Gasteiger charge is -2.36. The number of nitrogens with one attached hydrogen (secondary N) is 1. The highest BCUT2D eigenvalue weighted by Gasteiger charge is 2.43. The van der Waals surface area contributed by atoms with Crippen molar-refractivity contribution in [1.29, 1.82) is 5.41 Å². The van der Waals surface area contributed by atoms with Crippen LogP contribution in [0.25, 0.3) is 0 Å². The van der Waals surface area contributed by atoms with E-state index in [-0.39, 0.29) is 6.54 Å². The summed E-state index contributed by atoms with van der Waals surface area (Å²) >= 11 is 0. The van der Waals surface area contributed by atoms with Crippen molar-refractivity contribution in [2.45, 2.75) is 24.6 Å². The van der Waals surface area contributed by atoms with Crippen molar-refractivity contribution in [3.05, 3.63) is 0 Å². The van der Waals surface area contributed by atoms with Crippen LogP contribution in [0.1, 0.15) is 12.8 Å². The van der Waals surface area contributed by atoms with Crippen molar-refractivity contribution < 1.29 is 23.0 Å². The van der Waals surface area contributed by atoms with Crippen LogP contribution in [0.4, 0.5) is 13.2 Å². The van der Waals surface area contributed by atoms with E-state index in [9.17, 15) is 18.3 Å². The zero-order chi connectivity index (χ0) is 14.7. The zero-order valence-corrected chi connectivity index (χ0v) is 10.8. The molecule has 8 heteroatoms. The Morgan fingerprint density at radius 1 is 1.47 bits per heavy atom. The molecule has 1 aliphatic rings. The van der Waals surface area contributed by atoms with Gasteiger partial charge in [0.05, 0.1) is 5.60 Å². The molecule has 1 unspecified atom stereocenters. The SMILES string of the molecule is CN(CC(C(=N)N)C(F)(F)F)CC1(O)CCOCC1. The fraction of sp³-hybridized carbons (Fsp3) is 0.909. The highest BCUT2D eigenvalue weighted by Crippen LogP contribution is 2.28. The molecule has 0 saturated carbocycles. The molecule has 5 nitrogen and oxygen atoms in total. The number of hydrogen-bond acceptors (Lipinski definition) is 4. The Bertz CT molecular complexity index is 317. The van der Waals surface area contributed by atoms with Gasteiger partial charge in [0.2, 0.25) is 0 Å². The molecule has 1 saturated heterocycles. The van der Waals surface area contributed by atoms with Crippen molar-refractivity contribution in [2.75, 3.05) is 33.4 Å². The minimum Gasteiger partial charge on any atom is -0.388 e. The normalized spacial score (nSPS) is 21.4. The number of alkyl halides is 3. The molecule has 0 aromatic heterocycles. The Balaban J connectivity index is 2.57. The smallest absolute Gasteiger partial charge is 0.388 e. The largest absolute Gasteiger partial charge is 0.399 e. The number of rotatable bonds is 5. The van der Waals surface area contributed by atoms with Gasteiger partial charge in [-0.3, -0.25) is 5.41 Å². The third-order valence-corrected chi connectivity index (χ3v) is 3.25. The first-order chi connectivity index (χ1) is 8.64. The number of nitrogens with two attached hydrogens (primary N) is 1. The molecule has 19 heavy (non-hydrogen) atoms. The molecule has 0 radical (unpaired) electrons. The molecule has 0 aromatic rings. The van der Waals surface area contributed by atoms with Gasteiger partial charge in [-0.1, -0.05) is 0 Å². The van der Waals surface area contributed by atoms with Crippen molar-refractivity contribution in [1.82, 2.24) is 4.90 Å². The molecule has 112 valence electrons. The van der Waals surface area contributed by atoms with Gasteiger partial charge in [0.15, 0.2) is 0 Å². The van der Waals surface area contributed by atoms with Gasteiger partial charge in [-0.15, -0.1) is 0 Å². The minimum absolute atomic E-state index is 0.107. The molecule has 1 heterocycles. The van der Waals surface area contributed by atoms with Gasteiger partial charge >= 0.3 is 6.18 Å². The second kappa shape index (κ2) is 6.06. The predicted molar refractivity (Wildman–Crippen MR) is 64.0 cm³/mol. The Morgan fingerprint density at radius 3 is 2.42 bits per heavy atom. The molecule has 0 amide bonds. The minimum atomic E-state index is -4.54. The van der Waals surface area contributed by atoms with Crippen LogP contribution in [-0.4, -0.2) is 61.0 Å². The second-order valence-electron chi connectivity index (χ2n) is 5.08. The van der Waals surface area contributed by atoms with Crippen molar-refractivity contribution >= 4 is 5.84 Å². The van der Waals surface area contributed by atoms with Crippen LogP contribution in [-0.2, 0) is 4.74 Å². The van der Waals surface area contributed by atoms with Gasteiger partial charge in [0.25, 0.3) is 0 Å². The van der Waals surface area contributed by atoms with Crippen LogP contribution in [0.5, 0.6) is 0 Å². The summed E-state index contributed by atoms with van der Waals surface area (Å²) in [5, 5.41) is 17.2. The summed E-state index contributed by atoms with van der Waals surface area (Å²) in [5.41, 5.74) is 3.96. The Hall–Kier alpha value is -0.860. The summed E-state index contributed by atoms with van der Waals surface area (Å²) in [4.78, 5) is 1.37. The first-order valence-corrected chi connectivity index (χ1v) is 6.03. The maximum absolute atomic E-state index is 12.7. The molecular weight excluding hydrogens is 263 g/mol. The fourth-order valence-electron chi connectivity index (χ4n) is 2.17. The van der Waals surface area contributed by atoms with Crippen molar-refractivity contribution in [2.24, 2.45) is 11.7 Å². The maximum atomic E-state index is 12.7. The third-order valence-electron chi connectivity index (χ3n) is 3.25. The van der Waals surface area contributed by atoms with Crippen LogP contribution >= 0.6 is 0 Å². The standard InChI is InChI=1S/C11H20F3N3O2/c1-17(6-8(9(15)16)11(12,13)14)7-10(18)2-4-19-5-3-10/h8,18H,2-7H2,1H3,(H3,15,16). The molecule has 0 bridgehead atoms. The molecule has 1 aliphatic heterocycles. The first-order valence-electron chi connectivity index (χ1n) is 6.03. The maximum Gasteiger partial charge on any atom is 0.399 e. The Morgan fingerprint density at radius 2 is 2.00 bits per heavy atom. The molecule has 4 N–H and O–H groups in total. The highest BCUT2D eigenvalue weighted by molar-refractivity contribution is 5.80. The van der Waals surface area contributed by atoms with Gasteiger partial charge in [0, 0.05) is 39.1 Å². The van der Waals surface area contributed by atoms with E-state index in [0.29, 0.717) is 26.1 Å².